The number of aromatic nitrogens is 2. The molecule has 0 N–H and O–H groups in total. The third-order valence-electron chi connectivity index (χ3n) is 2.86. The van der Waals surface area contributed by atoms with Gasteiger partial charge in [0.1, 0.15) is 0 Å². The van der Waals surface area contributed by atoms with Gasteiger partial charge < -0.3 is 4.74 Å². The summed E-state index contributed by atoms with van der Waals surface area (Å²) in [6.45, 7) is 6.64. The Morgan fingerprint density at radius 1 is 1.38 bits per heavy atom. The number of rotatable bonds is 7. The molecule has 0 unspecified atom stereocenters. The minimum atomic E-state index is -0.156. The van der Waals surface area contributed by atoms with Crippen LogP contribution in [-0.2, 0) is 22.4 Å². The van der Waals surface area contributed by atoms with E-state index in [0.29, 0.717) is 25.4 Å². The largest absolute Gasteiger partial charge is 0.466 e. The van der Waals surface area contributed by atoms with Crippen molar-refractivity contribution in [2.45, 2.75) is 40.0 Å². The lowest BCUT2D eigenvalue weighted by atomic mass is 10.1. The first kappa shape index (κ1) is 16.1. The van der Waals surface area contributed by atoms with Gasteiger partial charge in [0.15, 0.2) is 10.0 Å². The van der Waals surface area contributed by atoms with E-state index < -0.39 is 0 Å². The van der Waals surface area contributed by atoms with Gasteiger partial charge in [-0.2, -0.15) is 0 Å². The first-order valence-electron chi connectivity index (χ1n) is 7.14. The van der Waals surface area contributed by atoms with Gasteiger partial charge in [-0.3, -0.25) is 4.79 Å². The summed E-state index contributed by atoms with van der Waals surface area (Å²) < 4.78 is 4.99. The number of ether oxygens (including phenoxy) is 1. The summed E-state index contributed by atoms with van der Waals surface area (Å²) in [5.41, 5.74) is 1.02. The Morgan fingerprint density at radius 3 is 2.81 bits per heavy atom. The van der Waals surface area contributed by atoms with E-state index in [4.69, 9.17) is 9.72 Å². The Morgan fingerprint density at radius 2 is 2.19 bits per heavy atom. The van der Waals surface area contributed by atoms with Crippen LogP contribution in [-0.4, -0.2) is 22.5 Å². The molecular formula is C15H20N2O2S2. The highest BCUT2D eigenvalue weighted by Crippen LogP contribution is 2.31. The number of carbonyl (C=O) groups excluding carboxylic acids is 1. The number of thiazole rings is 2. The molecule has 2 rings (SSSR count). The Balaban J connectivity index is 2.15. The van der Waals surface area contributed by atoms with Crippen LogP contribution >= 0.6 is 22.7 Å². The number of hydrogen-bond acceptors (Lipinski definition) is 6. The lowest BCUT2D eigenvalue weighted by molar-refractivity contribution is -0.143. The van der Waals surface area contributed by atoms with Crippen LogP contribution in [0.1, 0.15) is 37.8 Å². The van der Waals surface area contributed by atoms with Crippen LogP contribution in [0.3, 0.4) is 0 Å². The summed E-state index contributed by atoms with van der Waals surface area (Å²) in [6, 6.07) is 0. The number of carbonyl (C=O) groups is 1. The monoisotopic (exact) mass is 324 g/mol. The highest BCUT2D eigenvalue weighted by Gasteiger charge is 2.16. The highest BCUT2D eigenvalue weighted by atomic mass is 32.1. The number of hydrogen-bond donors (Lipinski definition) is 0. The first-order chi connectivity index (χ1) is 10.1. The van der Waals surface area contributed by atoms with E-state index in [2.05, 4.69) is 18.8 Å². The summed E-state index contributed by atoms with van der Waals surface area (Å²) in [5, 5.41) is 3.86. The Kier molecular flexibility index (Phi) is 5.87. The van der Waals surface area contributed by atoms with Gasteiger partial charge in [0, 0.05) is 22.9 Å². The van der Waals surface area contributed by atoms with E-state index >= 15 is 0 Å². The molecule has 0 aliphatic carbocycles. The van der Waals surface area contributed by atoms with Crippen molar-refractivity contribution in [1.82, 2.24) is 9.97 Å². The Bertz CT molecular complexity index is 577. The molecule has 0 saturated heterocycles. The third-order valence-corrected chi connectivity index (χ3v) is 4.89. The minimum Gasteiger partial charge on any atom is -0.466 e. The fourth-order valence-electron chi connectivity index (χ4n) is 1.98. The maximum Gasteiger partial charge on any atom is 0.306 e. The van der Waals surface area contributed by atoms with Gasteiger partial charge in [0.05, 0.1) is 18.7 Å². The van der Waals surface area contributed by atoms with Gasteiger partial charge in [0.25, 0.3) is 0 Å². The molecule has 2 aromatic heterocycles. The zero-order chi connectivity index (χ0) is 15.2. The summed E-state index contributed by atoms with van der Waals surface area (Å²) in [6.07, 6.45) is 3.81. The molecule has 0 aliphatic heterocycles. The molecule has 0 radical (unpaired) electrons. The van der Waals surface area contributed by atoms with Gasteiger partial charge in [-0.15, -0.1) is 22.7 Å². The molecule has 0 amide bonds. The van der Waals surface area contributed by atoms with Crippen molar-refractivity contribution in [3.05, 3.63) is 22.1 Å². The maximum absolute atomic E-state index is 11.5. The lowest BCUT2D eigenvalue weighted by Crippen LogP contribution is -2.06. The average Bonchev–Trinajstić information content (AvgIpc) is 3.05. The summed E-state index contributed by atoms with van der Waals surface area (Å²) >= 11 is 3.29. The van der Waals surface area contributed by atoms with Crippen LogP contribution in [0.25, 0.3) is 10.0 Å². The summed E-state index contributed by atoms with van der Waals surface area (Å²) in [4.78, 5) is 21.8. The van der Waals surface area contributed by atoms with Crippen molar-refractivity contribution in [3.63, 3.8) is 0 Å². The average molecular weight is 324 g/mol. The molecule has 0 aliphatic rings. The van der Waals surface area contributed by atoms with E-state index in [9.17, 15) is 4.79 Å². The Labute approximate surface area is 133 Å². The van der Waals surface area contributed by atoms with Crippen molar-refractivity contribution >= 4 is 28.6 Å². The lowest BCUT2D eigenvalue weighted by Gasteiger charge is -2.05. The molecule has 0 spiro atoms. The fraction of sp³-hybridized carbons (Fsp3) is 0.533. The van der Waals surface area contributed by atoms with Crippen LogP contribution in [0.2, 0.25) is 0 Å². The smallest absolute Gasteiger partial charge is 0.306 e. The molecule has 4 nitrogen and oxygen atoms in total. The third kappa shape index (κ3) is 4.61. The van der Waals surface area contributed by atoms with Crippen molar-refractivity contribution in [2.24, 2.45) is 5.92 Å². The fourth-order valence-corrected chi connectivity index (χ4v) is 3.98. The number of nitrogens with zero attached hydrogens (tertiary/aromatic N) is 2. The Hall–Kier alpha value is -1.27. The standard InChI is InChI=1S/C15H20N2O2S2/c1-4-19-13(18)6-5-11-12(9-10(2)3)21-15(17-11)14-16-7-8-20-14/h7-8,10H,4-6,9H2,1-3H3. The summed E-state index contributed by atoms with van der Waals surface area (Å²) in [5.74, 6) is 0.410. The molecule has 0 atom stereocenters. The second-order valence-corrected chi connectivity index (χ2v) is 7.11. The molecule has 0 saturated carbocycles. The molecule has 0 bridgehead atoms. The van der Waals surface area contributed by atoms with Crippen molar-refractivity contribution < 1.29 is 9.53 Å². The molecule has 114 valence electrons. The van der Waals surface area contributed by atoms with Crippen LogP contribution < -0.4 is 0 Å². The first-order valence-corrected chi connectivity index (χ1v) is 8.83. The minimum absolute atomic E-state index is 0.156. The quantitative estimate of drug-likeness (QED) is 0.723. The van der Waals surface area contributed by atoms with E-state index in [-0.39, 0.29) is 5.97 Å². The molecular weight excluding hydrogens is 304 g/mol. The van der Waals surface area contributed by atoms with Gasteiger partial charge in [0.2, 0.25) is 0 Å². The molecule has 2 aromatic rings. The zero-order valence-electron chi connectivity index (χ0n) is 12.6. The van der Waals surface area contributed by atoms with Crippen LogP contribution in [0, 0.1) is 5.92 Å². The number of esters is 1. The van der Waals surface area contributed by atoms with Crippen LogP contribution in [0.15, 0.2) is 11.6 Å². The van der Waals surface area contributed by atoms with Gasteiger partial charge in [-0.25, -0.2) is 9.97 Å². The van der Waals surface area contributed by atoms with Gasteiger partial charge >= 0.3 is 5.97 Å². The molecule has 2 heterocycles. The van der Waals surface area contributed by atoms with Gasteiger partial charge in [-0.1, -0.05) is 13.8 Å². The second kappa shape index (κ2) is 7.66. The molecule has 21 heavy (non-hydrogen) atoms. The van der Waals surface area contributed by atoms with Gasteiger partial charge in [-0.05, 0) is 19.3 Å². The predicted octanol–water partition coefficient (Wildman–Crippen LogP) is 3.96. The van der Waals surface area contributed by atoms with Crippen molar-refractivity contribution in [3.8, 4) is 10.0 Å². The zero-order valence-corrected chi connectivity index (χ0v) is 14.2. The van der Waals surface area contributed by atoms with E-state index in [0.717, 1.165) is 22.1 Å². The second-order valence-electron chi connectivity index (χ2n) is 5.13. The van der Waals surface area contributed by atoms with E-state index in [1.165, 1.54) is 4.88 Å². The SMILES string of the molecule is CCOC(=O)CCc1nc(-c2nccs2)sc1CC(C)C. The van der Waals surface area contributed by atoms with Crippen molar-refractivity contribution in [2.75, 3.05) is 6.61 Å². The predicted molar refractivity (Wildman–Crippen MR) is 86.7 cm³/mol. The summed E-state index contributed by atoms with van der Waals surface area (Å²) in [7, 11) is 0. The van der Waals surface area contributed by atoms with Crippen molar-refractivity contribution in [1.29, 1.82) is 0 Å². The molecule has 6 heteroatoms. The molecule has 0 fully saturated rings. The van der Waals surface area contributed by atoms with E-state index in [1.807, 2.05) is 12.3 Å². The molecule has 0 aromatic carbocycles. The van der Waals surface area contributed by atoms with E-state index in [1.54, 1.807) is 28.9 Å². The van der Waals surface area contributed by atoms with Crippen LogP contribution in [0.4, 0.5) is 0 Å². The topological polar surface area (TPSA) is 52.1 Å². The number of aryl methyl sites for hydroxylation is 1. The highest BCUT2D eigenvalue weighted by molar-refractivity contribution is 7.20. The maximum atomic E-state index is 11.5. The van der Waals surface area contributed by atoms with Crippen LogP contribution in [0.5, 0.6) is 0 Å². The normalized spacial score (nSPS) is 11.0.